The molecule has 1 aromatic rings. The van der Waals surface area contributed by atoms with Crippen LogP contribution in [0.4, 0.5) is 0 Å². The van der Waals surface area contributed by atoms with Gasteiger partial charge in [0.25, 0.3) is 5.95 Å². The zero-order valence-corrected chi connectivity index (χ0v) is 23.8. The summed E-state index contributed by atoms with van der Waals surface area (Å²) in [5, 5.41) is 0. The lowest BCUT2D eigenvalue weighted by Gasteiger charge is -2.17. The fraction of sp³-hybridized carbons (Fsp3) is 0.786. The van der Waals surface area contributed by atoms with E-state index in [1.165, 1.54) is 38.5 Å². The van der Waals surface area contributed by atoms with Crippen molar-refractivity contribution in [1.82, 2.24) is 4.90 Å². The number of likely N-dealkylation sites (N-methyl/N-ethyl adjacent to an activating group) is 1. The molecule has 0 amide bonds. The predicted molar refractivity (Wildman–Crippen MR) is 145 cm³/mol. The molecule has 0 spiro atoms. The van der Waals surface area contributed by atoms with Gasteiger partial charge in [-0.1, -0.05) is 80.1 Å². The van der Waals surface area contributed by atoms with Crippen molar-refractivity contribution in [3.05, 3.63) is 17.9 Å². The van der Waals surface area contributed by atoms with Crippen LogP contribution >= 0.6 is 12.4 Å². The summed E-state index contributed by atoms with van der Waals surface area (Å²) in [5.41, 5.74) is 0. The molecular formula is C28H50ClNO5. The molecule has 2 atom stereocenters. The number of furan rings is 1. The molecule has 0 N–H and O–H groups in total. The maximum Gasteiger partial charge on any atom is 0.313 e. The Bertz CT molecular complexity index is 687. The minimum atomic E-state index is -0.529. The van der Waals surface area contributed by atoms with Crippen LogP contribution in [0.3, 0.4) is 0 Å². The van der Waals surface area contributed by atoms with E-state index < -0.39 is 11.8 Å². The molecular weight excluding hydrogens is 466 g/mol. The smallest absolute Gasteiger partial charge is 0.313 e. The predicted octanol–water partition coefficient (Wildman–Crippen LogP) is 7.20. The average molecular weight is 516 g/mol. The Balaban J connectivity index is 0.0000116. The molecule has 0 fully saturated rings. The van der Waals surface area contributed by atoms with Crippen LogP contribution in [0.25, 0.3) is 0 Å². The normalized spacial score (nSPS) is 12.9. The number of carbonyl (C=O) groups is 2. The molecule has 1 aromatic heterocycles. The number of rotatable bonds is 20. The quantitative estimate of drug-likeness (QED) is 0.104. The fourth-order valence-electron chi connectivity index (χ4n) is 3.98. The van der Waals surface area contributed by atoms with Gasteiger partial charge in [-0.05, 0) is 43.3 Å². The summed E-state index contributed by atoms with van der Waals surface area (Å²) < 4.78 is 16.3. The van der Waals surface area contributed by atoms with Crippen LogP contribution in [-0.4, -0.2) is 49.5 Å². The molecule has 0 aliphatic heterocycles. The summed E-state index contributed by atoms with van der Waals surface area (Å²) in [6.45, 7) is 16.6. The van der Waals surface area contributed by atoms with E-state index >= 15 is 0 Å². The third-order valence-electron chi connectivity index (χ3n) is 6.45. The van der Waals surface area contributed by atoms with Gasteiger partial charge in [-0.25, -0.2) is 0 Å². The Labute approximate surface area is 219 Å². The number of hydrogen-bond donors (Lipinski definition) is 0. The maximum atomic E-state index is 12.3. The molecule has 0 aliphatic rings. The van der Waals surface area contributed by atoms with E-state index in [1.54, 1.807) is 12.1 Å². The van der Waals surface area contributed by atoms with Crippen LogP contribution in [0.2, 0.25) is 0 Å². The van der Waals surface area contributed by atoms with Crippen LogP contribution in [0.1, 0.15) is 103 Å². The molecule has 6 nitrogen and oxygen atoms in total. The summed E-state index contributed by atoms with van der Waals surface area (Å²) >= 11 is 0. The van der Waals surface area contributed by atoms with Crippen molar-refractivity contribution in [3.63, 3.8) is 0 Å². The highest BCUT2D eigenvalue weighted by Gasteiger charge is 2.17. The van der Waals surface area contributed by atoms with E-state index in [0.29, 0.717) is 25.0 Å². The van der Waals surface area contributed by atoms with Gasteiger partial charge in [-0.2, -0.15) is 0 Å². The molecule has 0 aromatic carbocycles. The largest absolute Gasteiger partial charge is 0.465 e. The van der Waals surface area contributed by atoms with Gasteiger partial charge in [-0.15, -0.1) is 12.4 Å². The number of esters is 1. The monoisotopic (exact) mass is 515 g/mol. The van der Waals surface area contributed by atoms with Crippen molar-refractivity contribution in [2.24, 2.45) is 17.8 Å². The average Bonchev–Trinajstić information content (AvgIpc) is 3.25. The summed E-state index contributed by atoms with van der Waals surface area (Å²) in [6.07, 6.45) is 8.40. The number of ketones is 1. The molecule has 7 heteroatoms. The van der Waals surface area contributed by atoms with Gasteiger partial charge in [0.05, 0.1) is 6.61 Å². The zero-order chi connectivity index (χ0) is 25.3. The van der Waals surface area contributed by atoms with Crippen LogP contribution in [-0.2, 0) is 9.53 Å². The molecule has 0 bridgehead atoms. The number of carbonyl (C=O) groups excluding carboxylic acids is 2. The number of hydrogen-bond acceptors (Lipinski definition) is 6. The van der Waals surface area contributed by atoms with Gasteiger partial charge >= 0.3 is 5.97 Å². The molecule has 0 saturated carbocycles. The Kier molecular flexibility index (Phi) is 18.8. The molecule has 0 saturated heterocycles. The van der Waals surface area contributed by atoms with Crippen molar-refractivity contribution >= 4 is 24.2 Å². The summed E-state index contributed by atoms with van der Waals surface area (Å²) in [5.74, 6) is 1.74. The first-order chi connectivity index (χ1) is 16.2. The van der Waals surface area contributed by atoms with Crippen molar-refractivity contribution in [3.8, 4) is 5.95 Å². The van der Waals surface area contributed by atoms with Gasteiger partial charge in [0.2, 0.25) is 5.78 Å². The molecule has 1 heterocycles. The summed E-state index contributed by atoms with van der Waals surface area (Å²) in [7, 11) is 0. The molecule has 2 unspecified atom stereocenters. The van der Waals surface area contributed by atoms with E-state index in [-0.39, 0.29) is 31.2 Å². The standard InChI is InChI=1S/C28H49NO5.ClH/c1-7-29(8-2)18-20-32-27(31)21-25(30)26-15-16-28(34-26)33-19-17-24(6)14-10-13-23(5)12-9-11-22(3)4;/h15-16,22-24H,7-14,17-21H2,1-6H3;1H. The number of ether oxygens (including phenoxy) is 2. The lowest BCUT2D eigenvalue weighted by molar-refractivity contribution is -0.142. The van der Waals surface area contributed by atoms with Gasteiger partial charge in [-0.3, -0.25) is 9.59 Å². The SMILES string of the molecule is CCN(CC)CCOC(=O)CC(=O)c1ccc(OCCC(C)CCCC(C)CCCC(C)C)o1.Cl. The second kappa shape index (κ2) is 19.6. The maximum absolute atomic E-state index is 12.3. The molecule has 0 aliphatic carbocycles. The Morgan fingerprint density at radius 3 is 2.09 bits per heavy atom. The summed E-state index contributed by atoms with van der Waals surface area (Å²) in [4.78, 5) is 26.3. The van der Waals surface area contributed by atoms with Crippen LogP contribution in [0.15, 0.2) is 16.5 Å². The number of halogens is 1. The van der Waals surface area contributed by atoms with E-state index in [2.05, 4.69) is 46.4 Å². The minimum Gasteiger partial charge on any atom is -0.465 e. The van der Waals surface area contributed by atoms with E-state index in [1.807, 2.05) is 0 Å². The second-order valence-corrected chi connectivity index (χ2v) is 10.1. The zero-order valence-electron chi connectivity index (χ0n) is 23.0. The Morgan fingerprint density at radius 2 is 1.49 bits per heavy atom. The van der Waals surface area contributed by atoms with Crippen molar-refractivity contribution in [2.45, 2.75) is 92.9 Å². The number of Topliss-reactive ketones (excluding diaryl/α,β-unsaturated/α-hetero) is 1. The second-order valence-electron chi connectivity index (χ2n) is 10.1. The lowest BCUT2D eigenvalue weighted by atomic mass is 9.93. The third-order valence-corrected chi connectivity index (χ3v) is 6.45. The molecule has 35 heavy (non-hydrogen) atoms. The van der Waals surface area contributed by atoms with Gasteiger partial charge < -0.3 is 18.8 Å². The highest BCUT2D eigenvalue weighted by molar-refractivity contribution is 6.04. The topological polar surface area (TPSA) is 69.0 Å². The van der Waals surface area contributed by atoms with Crippen molar-refractivity contribution in [2.75, 3.05) is 32.8 Å². The van der Waals surface area contributed by atoms with E-state index in [4.69, 9.17) is 13.9 Å². The Morgan fingerprint density at radius 1 is 0.886 bits per heavy atom. The van der Waals surface area contributed by atoms with Crippen molar-refractivity contribution < 1.29 is 23.5 Å². The first-order valence-electron chi connectivity index (χ1n) is 13.4. The molecule has 0 radical (unpaired) electrons. The summed E-state index contributed by atoms with van der Waals surface area (Å²) in [6, 6.07) is 3.20. The minimum absolute atomic E-state index is 0. The van der Waals surface area contributed by atoms with Gasteiger partial charge in [0.15, 0.2) is 5.76 Å². The van der Waals surface area contributed by atoms with Gasteiger partial charge in [0, 0.05) is 12.6 Å². The lowest BCUT2D eigenvalue weighted by Crippen LogP contribution is -2.28. The van der Waals surface area contributed by atoms with Gasteiger partial charge in [0.1, 0.15) is 13.0 Å². The van der Waals surface area contributed by atoms with Crippen LogP contribution in [0, 0.1) is 17.8 Å². The van der Waals surface area contributed by atoms with Crippen molar-refractivity contribution in [1.29, 1.82) is 0 Å². The van der Waals surface area contributed by atoms with Crippen LogP contribution in [0.5, 0.6) is 5.95 Å². The highest BCUT2D eigenvalue weighted by atomic mass is 35.5. The first kappa shape index (κ1) is 33.5. The van der Waals surface area contributed by atoms with Crippen LogP contribution < -0.4 is 4.74 Å². The first-order valence-corrected chi connectivity index (χ1v) is 13.4. The molecule has 204 valence electrons. The Hall–Kier alpha value is -1.53. The van der Waals surface area contributed by atoms with E-state index in [9.17, 15) is 9.59 Å². The number of nitrogens with zero attached hydrogens (tertiary/aromatic N) is 1. The third kappa shape index (κ3) is 16.0. The molecule has 1 rings (SSSR count). The fourth-order valence-corrected chi connectivity index (χ4v) is 3.98. The highest BCUT2D eigenvalue weighted by Crippen LogP contribution is 2.22. The van der Waals surface area contributed by atoms with E-state index in [0.717, 1.165) is 31.3 Å².